The van der Waals surface area contributed by atoms with Gasteiger partial charge in [-0.15, -0.1) is 0 Å². The number of nitrogens with one attached hydrogen (secondary N) is 1. The second-order valence-electron chi connectivity index (χ2n) is 6.18. The number of hydrogen-bond donors (Lipinski definition) is 1. The summed E-state index contributed by atoms with van der Waals surface area (Å²) in [5, 5.41) is 1.92. The third kappa shape index (κ3) is 6.32. The van der Waals surface area contributed by atoms with Crippen LogP contribution in [-0.4, -0.2) is 37.5 Å². The molecule has 2 aromatic rings. The van der Waals surface area contributed by atoms with Crippen molar-refractivity contribution in [3.8, 4) is 11.5 Å². The molecule has 2 atom stereocenters. The second kappa shape index (κ2) is 10.6. The van der Waals surface area contributed by atoms with Crippen molar-refractivity contribution in [1.82, 2.24) is 5.32 Å². The third-order valence-electron chi connectivity index (χ3n) is 4.31. The van der Waals surface area contributed by atoms with E-state index in [1.807, 2.05) is 54.8 Å². The van der Waals surface area contributed by atoms with Crippen molar-refractivity contribution in [1.29, 1.82) is 0 Å². The number of carbonyl (C=O) groups excluding carboxylic acids is 2. The fourth-order valence-corrected chi connectivity index (χ4v) is 3.26. The van der Waals surface area contributed by atoms with E-state index in [0.29, 0.717) is 19.4 Å². The number of imide groups is 1. The number of rotatable bonds is 10. The molecule has 0 bridgehead atoms. The first-order valence-corrected chi connectivity index (χ1v) is 9.98. The molecule has 27 heavy (non-hydrogen) atoms. The SMILES string of the molecule is COc1ccc(C(C)COc2ccc(CC(SC)C(=O)NC=O)cc2)cc1. The molecule has 0 aromatic heterocycles. The Kier molecular flexibility index (Phi) is 8.20. The van der Waals surface area contributed by atoms with Crippen molar-refractivity contribution in [3.63, 3.8) is 0 Å². The van der Waals surface area contributed by atoms with Crippen LogP contribution in [0.25, 0.3) is 0 Å². The topological polar surface area (TPSA) is 64.6 Å². The van der Waals surface area contributed by atoms with Crippen LogP contribution < -0.4 is 14.8 Å². The van der Waals surface area contributed by atoms with Gasteiger partial charge in [-0.1, -0.05) is 31.2 Å². The van der Waals surface area contributed by atoms with Gasteiger partial charge in [-0.25, -0.2) is 0 Å². The van der Waals surface area contributed by atoms with Crippen molar-refractivity contribution in [2.45, 2.75) is 24.5 Å². The number of methoxy groups -OCH3 is 1. The quantitative estimate of drug-likeness (QED) is 0.633. The summed E-state index contributed by atoms with van der Waals surface area (Å²) in [5.74, 6) is 1.61. The molecule has 6 heteroatoms. The molecule has 0 aliphatic carbocycles. The molecule has 2 aromatic carbocycles. The van der Waals surface area contributed by atoms with E-state index in [2.05, 4.69) is 12.2 Å². The van der Waals surface area contributed by atoms with Crippen LogP contribution in [0.5, 0.6) is 11.5 Å². The largest absolute Gasteiger partial charge is 0.497 e. The fraction of sp³-hybridized carbons (Fsp3) is 0.333. The van der Waals surface area contributed by atoms with E-state index in [-0.39, 0.29) is 17.1 Å². The summed E-state index contributed by atoms with van der Waals surface area (Å²) in [6.07, 6.45) is 2.84. The van der Waals surface area contributed by atoms with Crippen LogP contribution in [0.3, 0.4) is 0 Å². The smallest absolute Gasteiger partial charge is 0.239 e. The van der Waals surface area contributed by atoms with Crippen LogP contribution in [0.1, 0.15) is 24.0 Å². The monoisotopic (exact) mass is 387 g/mol. The van der Waals surface area contributed by atoms with Crippen LogP contribution in [0, 0.1) is 0 Å². The summed E-state index contributed by atoms with van der Waals surface area (Å²) < 4.78 is 11.1. The highest BCUT2D eigenvalue weighted by molar-refractivity contribution is 7.99. The molecule has 0 saturated carbocycles. The van der Waals surface area contributed by atoms with Crippen molar-refractivity contribution < 1.29 is 19.1 Å². The Balaban J connectivity index is 1.89. The summed E-state index contributed by atoms with van der Waals surface area (Å²) in [7, 11) is 1.65. The van der Waals surface area contributed by atoms with Crippen LogP contribution in [0.15, 0.2) is 48.5 Å². The van der Waals surface area contributed by atoms with Gasteiger partial charge in [0.2, 0.25) is 12.3 Å². The van der Waals surface area contributed by atoms with Gasteiger partial charge in [0.15, 0.2) is 0 Å². The molecule has 0 aliphatic heterocycles. The van der Waals surface area contributed by atoms with E-state index in [0.717, 1.165) is 17.1 Å². The van der Waals surface area contributed by atoms with Gasteiger partial charge in [0.05, 0.1) is 19.0 Å². The number of benzene rings is 2. The predicted molar refractivity (Wildman–Crippen MR) is 109 cm³/mol. The van der Waals surface area contributed by atoms with Gasteiger partial charge < -0.3 is 9.47 Å². The molecule has 0 fully saturated rings. The number of amides is 2. The molecule has 0 saturated heterocycles. The highest BCUT2D eigenvalue weighted by Crippen LogP contribution is 2.22. The Morgan fingerprint density at radius 1 is 1.11 bits per heavy atom. The first-order chi connectivity index (χ1) is 13.1. The maximum Gasteiger partial charge on any atom is 0.239 e. The highest BCUT2D eigenvalue weighted by Gasteiger charge is 2.17. The number of thioether (sulfide) groups is 1. The third-order valence-corrected chi connectivity index (χ3v) is 5.26. The van der Waals surface area contributed by atoms with Gasteiger partial charge >= 0.3 is 0 Å². The number of ether oxygens (including phenoxy) is 2. The van der Waals surface area contributed by atoms with Gasteiger partial charge in [0.1, 0.15) is 11.5 Å². The highest BCUT2D eigenvalue weighted by atomic mass is 32.2. The summed E-state index contributed by atoms with van der Waals surface area (Å²) in [4.78, 5) is 22.2. The minimum atomic E-state index is -0.294. The normalized spacial score (nSPS) is 12.7. The molecule has 0 spiro atoms. The van der Waals surface area contributed by atoms with Crippen molar-refractivity contribution in [2.24, 2.45) is 0 Å². The maximum absolute atomic E-state index is 11.8. The van der Waals surface area contributed by atoms with E-state index in [4.69, 9.17) is 9.47 Å². The Labute approximate surface area is 164 Å². The van der Waals surface area contributed by atoms with Crippen LogP contribution in [0.2, 0.25) is 0 Å². The first-order valence-electron chi connectivity index (χ1n) is 8.70. The molecule has 0 radical (unpaired) electrons. The fourth-order valence-electron chi connectivity index (χ4n) is 2.62. The molecule has 1 N–H and O–H groups in total. The second-order valence-corrected chi connectivity index (χ2v) is 7.22. The summed E-state index contributed by atoms with van der Waals surface area (Å²) in [6, 6.07) is 15.7. The molecule has 0 aliphatic rings. The van der Waals surface area contributed by atoms with Crippen LogP contribution in [-0.2, 0) is 16.0 Å². The molecular weight excluding hydrogens is 362 g/mol. The van der Waals surface area contributed by atoms with Gasteiger partial charge in [0.25, 0.3) is 0 Å². The van der Waals surface area contributed by atoms with Gasteiger partial charge in [-0.2, -0.15) is 11.8 Å². The minimum Gasteiger partial charge on any atom is -0.497 e. The lowest BCUT2D eigenvalue weighted by atomic mass is 10.0. The molecule has 5 nitrogen and oxygen atoms in total. The van der Waals surface area contributed by atoms with Crippen molar-refractivity contribution >= 4 is 24.1 Å². The lowest BCUT2D eigenvalue weighted by Gasteiger charge is -2.15. The van der Waals surface area contributed by atoms with Crippen LogP contribution >= 0.6 is 11.8 Å². The minimum absolute atomic E-state index is 0.253. The Morgan fingerprint density at radius 2 is 1.74 bits per heavy atom. The molecule has 2 rings (SSSR count). The van der Waals surface area contributed by atoms with Crippen molar-refractivity contribution in [3.05, 3.63) is 59.7 Å². The van der Waals surface area contributed by atoms with Crippen LogP contribution in [0.4, 0.5) is 0 Å². The zero-order chi connectivity index (χ0) is 19.6. The molecule has 0 heterocycles. The van der Waals surface area contributed by atoms with E-state index in [1.54, 1.807) is 7.11 Å². The predicted octanol–water partition coefficient (Wildman–Crippen LogP) is 3.42. The van der Waals surface area contributed by atoms with E-state index >= 15 is 0 Å². The molecular formula is C21H25NO4S. The van der Waals surface area contributed by atoms with Gasteiger partial charge in [-0.3, -0.25) is 14.9 Å². The maximum atomic E-state index is 11.8. The molecule has 144 valence electrons. The molecule has 2 unspecified atom stereocenters. The molecule has 2 amide bonds. The zero-order valence-electron chi connectivity index (χ0n) is 15.8. The zero-order valence-corrected chi connectivity index (χ0v) is 16.6. The number of carbonyl (C=O) groups is 2. The average Bonchev–Trinajstić information content (AvgIpc) is 2.71. The summed E-state index contributed by atoms with van der Waals surface area (Å²) >= 11 is 1.42. The standard InChI is InChI=1S/C21H25NO4S/c1-15(17-6-10-18(25-2)11-7-17)13-26-19-8-4-16(5-9-19)12-20(27-3)21(24)22-14-23/h4-11,14-15,20H,12-13H2,1-3H3,(H,22,23,24). The van der Waals surface area contributed by atoms with Crippen molar-refractivity contribution in [2.75, 3.05) is 20.0 Å². The lowest BCUT2D eigenvalue weighted by Crippen LogP contribution is -2.32. The Bertz CT molecular complexity index is 731. The van der Waals surface area contributed by atoms with Gasteiger partial charge in [0, 0.05) is 5.92 Å². The summed E-state index contributed by atoms with van der Waals surface area (Å²) in [6.45, 7) is 2.69. The van der Waals surface area contributed by atoms with E-state index in [9.17, 15) is 9.59 Å². The van der Waals surface area contributed by atoms with Gasteiger partial charge in [-0.05, 0) is 48.1 Å². The van der Waals surface area contributed by atoms with E-state index in [1.165, 1.54) is 17.3 Å². The van der Waals surface area contributed by atoms with E-state index < -0.39 is 0 Å². The lowest BCUT2D eigenvalue weighted by molar-refractivity contribution is -0.124. The Morgan fingerprint density at radius 3 is 2.30 bits per heavy atom. The average molecular weight is 388 g/mol. The first kappa shape index (κ1) is 20.8. The number of hydrogen-bond acceptors (Lipinski definition) is 5. The summed E-state index contributed by atoms with van der Waals surface area (Å²) in [5.41, 5.74) is 2.21. The Hall–Kier alpha value is -2.47.